The minimum Gasteiger partial charge on any atom is -0.481 e. The number of aromatic amines is 1. The van der Waals surface area contributed by atoms with Gasteiger partial charge in [0.1, 0.15) is 0 Å². The zero-order valence-electron chi connectivity index (χ0n) is 12.2. The summed E-state index contributed by atoms with van der Waals surface area (Å²) in [7, 11) is 0. The van der Waals surface area contributed by atoms with Gasteiger partial charge in [0.25, 0.3) is 5.56 Å². The Morgan fingerprint density at radius 3 is 2.65 bits per heavy atom. The molecular weight excluding hydrogens is 294 g/mol. The number of aliphatic carboxylic acids is 1. The number of nitrogen functional groups attached to an aromatic ring is 1. The number of carboxylic acids is 1. The fourth-order valence-electron chi connectivity index (χ4n) is 2.60. The molecule has 3 aromatic rings. The molecule has 1 aromatic heterocycles. The van der Waals surface area contributed by atoms with Crippen LogP contribution < -0.4 is 11.3 Å². The molecule has 0 aliphatic heterocycles. The molecule has 0 saturated heterocycles. The Hall–Kier alpha value is -3.15. The molecule has 6 nitrogen and oxygen atoms in total. The second-order valence-corrected chi connectivity index (χ2v) is 5.31. The smallest absolute Gasteiger partial charge is 0.311 e. The first-order valence-corrected chi connectivity index (χ1v) is 7.11. The Labute approximate surface area is 131 Å². The Morgan fingerprint density at radius 2 is 1.96 bits per heavy atom. The molecule has 1 atom stereocenters. The maximum Gasteiger partial charge on any atom is 0.311 e. The Bertz CT molecular complexity index is 919. The van der Waals surface area contributed by atoms with Crippen LogP contribution in [0.15, 0.2) is 53.3 Å². The van der Waals surface area contributed by atoms with Crippen molar-refractivity contribution in [2.45, 2.75) is 12.3 Å². The number of H-pyrrole nitrogens is 1. The molecule has 0 spiro atoms. The molecule has 0 radical (unpaired) electrons. The quantitative estimate of drug-likeness (QED) is 0.682. The molecule has 2 aromatic carbocycles. The predicted molar refractivity (Wildman–Crippen MR) is 87.3 cm³/mol. The van der Waals surface area contributed by atoms with E-state index in [1.165, 1.54) is 0 Å². The van der Waals surface area contributed by atoms with Crippen molar-refractivity contribution in [1.29, 1.82) is 0 Å². The summed E-state index contributed by atoms with van der Waals surface area (Å²) >= 11 is 0. The molecular formula is C17H15N3O3. The topological polar surface area (TPSA) is 109 Å². The van der Waals surface area contributed by atoms with Crippen LogP contribution in [0.4, 0.5) is 5.95 Å². The Balaban J connectivity index is 1.99. The first kappa shape index (κ1) is 14.8. The van der Waals surface area contributed by atoms with Crippen LogP contribution in [0, 0.1) is 0 Å². The number of benzene rings is 2. The number of carboxylic acid groups (broad SMARTS) is 1. The van der Waals surface area contributed by atoms with Crippen LogP contribution in [0.2, 0.25) is 0 Å². The van der Waals surface area contributed by atoms with Crippen LogP contribution in [-0.2, 0) is 11.2 Å². The van der Waals surface area contributed by atoms with Crippen molar-refractivity contribution in [3.8, 4) is 0 Å². The first-order chi connectivity index (χ1) is 11.0. The summed E-state index contributed by atoms with van der Waals surface area (Å²) in [5, 5.41) is 9.89. The highest BCUT2D eigenvalue weighted by Gasteiger charge is 2.20. The van der Waals surface area contributed by atoms with Crippen molar-refractivity contribution in [3.63, 3.8) is 0 Å². The van der Waals surface area contributed by atoms with Crippen LogP contribution >= 0.6 is 0 Å². The monoisotopic (exact) mass is 309 g/mol. The molecule has 0 aliphatic rings. The molecule has 6 heteroatoms. The van der Waals surface area contributed by atoms with E-state index in [-0.39, 0.29) is 11.5 Å². The van der Waals surface area contributed by atoms with Gasteiger partial charge in [-0.15, -0.1) is 0 Å². The third-order valence-corrected chi connectivity index (χ3v) is 3.73. The van der Waals surface area contributed by atoms with E-state index in [9.17, 15) is 14.7 Å². The number of nitrogens with zero attached hydrogens (tertiary/aromatic N) is 1. The lowest BCUT2D eigenvalue weighted by molar-refractivity contribution is -0.138. The normalized spacial score (nSPS) is 12.2. The van der Waals surface area contributed by atoms with Gasteiger partial charge in [0.15, 0.2) is 0 Å². The van der Waals surface area contributed by atoms with Gasteiger partial charge < -0.3 is 10.8 Å². The van der Waals surface area contributed by atoms with Gasteiger partial charge >= 0.3 is 5.97 Å². The zero-order chi connectivity index (χ0) is 16.4. The lowest BCUT2D eigenvalue weighted by atomic mass is 9.92. The van der Waals surface area contributed by atoms with Crippen molar-refractivity contribution in [2.75, 3.05) is 5.73 Å². The number of hydrogen-bond acceptors (Lipinski definition) is 4. The van der Waals surface area contributed by atoms with E-state index in [0.29, 0.717) is 17.3 Å². The molecule has 0 saturated carbocycles. The number of rotatable bonds is 4. The molecule has 0 aliphatic carbocycles. The molecule has 0 fully saturated rings. The molecule has 3 rings (SSSR count). The average molecular weight is 309 g/mol. The molecule has 0 bridgehead atoms. The molecule has 0 amide bonds. The summed E-state index contributed by atoms with van der Waals surface area (Å²) in [6, 6.07) is 14.1. The van der Waals surface area contributed by atoms with E-state index >= 15 is 0 Å². The van der Waals surface area contributed by atoms with Crippen molar-refractivity contribution in [1.82, 2.24) is 9.97 Å². The molecule has 0 unspecified atom stereocenters. The maximum absolute atomic E-state index is 11.9. The predicted octanol–water partition coefficient (Wildman–Crippen LogP) is 1.92. The van der Waals surface area contributed by atoms with Gasteiger partial charge in [0, 0.05) is 0 Å². The van der Waals surface area contributed by atoms with Crippen LogP contribution in [0.25, 0.3) is 10.9 Å². The van der Waals surface area contributed by atoms with Crippen LogP contribution in [0.1, 0.15) is 17.0 Å². The largest absolute Gasteiger partial charge is 0.481 e. The lowest BCUT2D eigenvalue weighted by Crippen LogP contribution is -2.15. The lowest BCUT2D eigenvalue weighted by Gasteiger charge is -2.13. The van der Waals surface area contributed by atoms with E-state index in [2.05, 4.69) is 9.97 Å². The first-order valence-electron chi connectivity index (χ1n) is 7.11. The average Bonchev–Trinajstić information content (AvgIpc) is 2.53. The molecule has 1 heterocycles. The van der Waals surface area contributed by atoms with Gasteiger partial charge in [0.05, 0.1) is 16.8 Å². The molecule has 4 N–H and O–H groups in total. The third kappa shape index (κ3) is 3.06. The summed E-state index contributed by atoms with van der Waals surface area (Å²) in [5.41, 5.74) is 7.15. The van der Waals surface area contributed by atoms with Crippen LogP contribution in [0.3, 0.4) is 0 Å². The number of carbonyl (C=O) groups is 1. The number of fused-ring (bicyclic) bond motifs is 1. The number of anilines is 1. The highest BCUT2D eigenvalue weighted by Crippen LogP contribution is 2.22. The SMILES string of the molecule is Nc1nc2ccc(C[C@H](C(=O)O)c3ccccc3)cc2c(=O)[nH]1. The maximum atomic E-state index is 11.9. The van der Waals surface area contributed by atoms with E-state index in [0.717, 1.165) is 11.1 Å². The second-order valence-electron chi connectivity index (χ2n) is 5.31. The summed E-state index contributed by atoms with van der Waals surface area (Å²) in [4.78, 5) is 30.0. The van der Waals surface area contributed by atoms with Gasteiger partial charge in [-0.3, -0.25) is 14.6 Å². The van der Waals surface area contributed by atoms with Gasteiger partial charge in [-0.25, -0.2) is 4.98 Å². The second kappa shape index (κ2) is 5.92. The highest BCUT2D eigenvalue weighted by molar-refractivity contribution is 5.80. The van der Waals surface area contributed by atoms with Gasteiger partial charge in [-0.05, 0) is 29.7 Å². The summed E-state index contributed by atoms with van der Waals surface area (Å²) < 4.78 is 0. The fraction of sp³-hybridized carbons (Fsp3) is 0.118. The van der Waals surface area contributed by atoms with E-state index in [4.69, 9.17) is 5.73 Å². The summed E-state index contributed by atoms with van der Waals surface area (Å²) in [6.45, 7) is 0. The van der Waals surface area contributed by atoms with Gasteiger partial charge in [-0.2, -0.15) is 0 Å². The standard InChI is InChI=1S/C17H15N3O3/c18-17-19-14-7-6-10(9-13(14)15(21)20-17)8-12(16(22)23)11-4-2-1-3-5-11/h1-7,9,12H,8H2,(H,22,23)(H3,18,19,20,21)/t12-/m0/s1. The van der Waals surface area contributed by atoms with E-state index in [1.807, 2.05) is 18.2 Å². The van der Waals surface area contributed by atoms with Crippen LogP contribution in [-0.4, -0.2) is 21.0 Å². The van der Waals surface area contributed by atoms with Crippen molar-refractivity contribution < 1.29 is 9.90 Å². The summed E-state index contributed by atoms with van der Waals surface area (Å²) in [6.07, 6.45) is 0.291. The Morgan fingerprint density at radius 1 is 1.22 bits per heavy atom. The minimum atomic E-state index is -0.902. The number of nitrogens with one attached hydrogen (secondary N) is 1. The van der Waals surface area contributed by atoms with E-state index in [1.54, 1.807) is 30.3 Å². The fourth-order valence-corrected chi connectivity index (χ4v) is 2.60. The van der Waals surface area contributed by atoms with Gasteiger partial charge in [-0.1, -0.05) is 36.4 Å². The van der Waals surface area contributed by atoms with Crippen LogP contribution in [0.5, 0.6) is 0 Å². The van der Waals surface area contributed by atoms with Crippen molar-refractivity contribution in [2.24, 2.45) is 0 Å². The zero-order valence-corrected chi connectivity index (χ0v) is 12.2. The van der Waals surface area contributed by atoms with Gasteiger partial charge in [0.2, 0.25) is 5.95 Å². The molecule has 116 valence electrons. The minimum absolute atomic E-state index is 0.0583. The number of hydrogen-bond donors (Lipinski definition) is 3. The van der Waals surface area contributed by atoms with Crippen molar-refractivity contribution >= 4 is 22.8 Å². The summed E-state index contributed by atoms with van der Waals surface area (Å²) in [5.74, 6) is -1.52. The van der Waals surface area contributed by atoms with Crippen molar-refractivity contribution in [3.05, 3.63) is 70.0 Å². The number of aromatic nitrogens is 2. The molecule has 23 heavy (non-hydrogen) atoms. The Kier molecular flexibility index (Phi) is 3.80. The third-order valence-electron chi connectivity index (χ3n) is 3.73. The van der Waals surface area contributed by atoms with E-state index < -0.39 is 11.9 Å². The highest BCUT2D eigenvalue weighted by atomic mass is 16.4. The number of nitrogens with two attached hydrogens (primary N) is 1.